The van der Waals surface area contributed by atoms with E-state index in [1.807, 2.05) is 0 Å². The van der Waals surface area contributed by atoms with Crippen molar-refractivity contribution in [3.63, 3.8) is 0 Å². The maximum atomic E-state index is 13.1. The predicted octanol–water partition coefficient (Wildman–Crippen LogP) is 6.90. The maximum absolute atomic E-state index is 13.1. The van der Waals surface area contributed by atoms with E-state index in [9.17, 15) is 4.79 Å². The van der Waals surface area contributed by atoms with Crippen LogP contribution in [0.4, 0.5) is 0 Å². The second-order valence-corrected chi connectivity index (χ2v) is 11.5. The Morgan fingerprint density at radius 2 is 1.71 bits per heavy atom. The fourth-order valence-corrected chi connectivity index (χ4v) is 4.78. The Bertz CT molecular complexity index is 928. The maximum Gasteiger partial charge on any atom is 0.225 e. The molecule has 0 saturated carbocycles. The van der Waals surface area contributed by atoms with Crippen molar-refractivity contribution >= 4 is 5.91 Å². The number of piperidine rings is 1. The molecule has 4 heteroatoms. The normalized spacial score (nSPS) is 15.5. The number of carbonyl (C=O) groups is 1. The second kappa shape index (κ2) is 12.6. The molecule has 4 nitrogen and oxygen atoms in total. The van der Waals surface area contributed by atoms with Gasteiger partial charge in [-0.05, 0) is 60.3 Å². The number of nitrogens with zero attached hydrogens (tertiary/aromatic N) is 1. The van der Waals surface area contributed by atoms with Crippen molar-refractivity contribution in [1.82, 2.24) is 10.2 Å². The van der Waals surface area contributed by atoms with Gasteiger partial charge in [0.1, 0.15) is 5.75 Å². The van der Waals surface area contributed by atoms with Crippen molar-refractivity contribution in [3.05, 3.63) is 65.2 Å². The number of hydrogen-bond acceptors (Lipinski definition) is 3. The van der Waals surface area contributed by atoms with Gasteiger partial charge in [0.15, 0.2) is 0 Å². The number of hydrogen-bond donors (Lipinski definition) is 1. The Morgan fingerprint density at radius 1 is 1.03 bits per heavy atom. The number of nitrogens with one attached hydrogen (secondary N) is 1. The fourth-order valence-electron chi connectivity index (χ4n) is 4.78. The molecule has 0 aliphatic carbocycles. The molecule has 3 rings (SSSR count). The number of amides is 1. The summed E-state index contributed by atoms with van der Waals surface area (Å²) in [5.41, 5.74) is 3.52. The summed E-state index contributed by atoms with van der Waals surface area (Å²) in [6, 6.07) is 17.5. The van der Waals surface area contributed by atoms with Crippen molar-refractivity contribution in [3.8, 4) is 5.75 Å². The first kappa shape index (κ1) is 27.3. The van der Waals surface area contributed by atoms with Gasteiger partial charge in [0, 0.05) is 31.1 Å². The van der Waals surface area contributed by atoms with Crippen LogP contribution in [0.5, 0.6) is 5.75 Å². The Hall–Kier alpha value is -2.33. The lowest BCUT2D eigenvalue weighted by molar-refractivity contribution is -0.130. The minimum Gasteiger partial charge on any atom is -0.493 e. The van der Waals surface area contributed by atoms with E-state index in [-0.39, 0.29) is 11.9 Å². The molecule has 0 bridgehead atoms. The predicted molar refractivity (Wildman–Crippen MR) is 146 cm³/mol. The summed E-state index contributed by atoms with van der Waals surface area (Å²) in [7, 11) is 0. The molecule has 1 fully saturated rings. The standard InChI is InChI=1S/C31H46N2O2/c1-23(2)26-13-14-28(24(3)4)29(21-26)35-20-10-17-31(5,6)30(34)32-27-15-18-33(19-16-27)22-25-11-8-7-9-12-25/h7-9,11-14,21,23-24,27H,10,15-20,22H2,1-6H3,(H,32,34). The third kappa shape index (κ3) is 8.10. The minimum atomic E-state index is -0.398. The molecule has 0 spiro atoms. The van der Waals surface area contributed by atoms with Gasteiger partial charge in [-0.3, -0.25) is 9.69 Å². The highest BCUT2D eigenvalue weighted by molar-refractivity contribution is 5.82. The van der Waals surface area contributed by atoms with E-state index in [0.29, 0.717) is 18.4 Å². The van der Waals surface area contributed by atoms with Gasteiger partial charge in [-0.1, -0.05) is 84.0 Å². The lowest BCUT2D eigenvalue weighted by Gasteiger charge is -2.34. The van der Waals surface area contributed by atoms with Crippen molar-refractivity contribution in [2.75, 3.05) is 19.7 Å². The average Bonchev–Trinajstić information content (AvgIpc) is 2.83. The van der Waals surface area contributed by atoms with E-state index in [4.69, 9.17) is 4.74 Å². The third-order valence-corrected chi connectivity index (χ3v) is 7.32. The molecule has 1 aliphatic rings. The smallest absolute Gasteiger partial charge is 0.225 e. The lowest BCUT2D eigenvalue weighted by Crippen LogP contribution is -2.48. The SMILES string of the molecule is CC(C)c1ccc(C(C)C)c(OCCCC(C)(C)C(=O)NC2CCN(Cc3ccccc3)CC2)c1. The second-order valence-electron chi connectivity index (χ2n) is 11.5. The highest BCUT2D eigenvalue weighted by Gasteiger charge is 2.30. The molecule has 2 aromatic rings. The molecule has 35 heavy (non-hydrogen) atoms. The summed E-state index contributed by atoms with van der Waals surface area (Å²) in [6.07, 6.45) is 3.70. The van der Waals surface area contributed by atoms with Crippen molar-refractivity contribution in [2.24, 2.45) is 5.41 Å². The Kier molecular flexibility index (Phi) is 9.80. The molecule has 0 atom stereocenters. The van der Waals surface area contributed by atoms with Gasteiger partial charge >= 0.3 is 0 Å². The average molecular weight is 479 g/mol. The van der Waals surface area contributed by atoms with Crippen LogP contribution in [0, 0.1) is 5.41 Å². The van der Waals surface area contributed by atoms with Crippen molar-refractivity contribution < 1.29 is 9.53 Å². The molecular formula is C31H46N2O2. The van der Waals surface area contributed by atoms with Crippen LogP contribution in [0.15, 0.2) is 48.5 Å². The Balaban J connectivity index is 1.42. The topological polar surface area (TPSA) is 41.6 Å². The van der Waals surface area contributed by atoms with Gasteiger partial charge in [0.05, 0.1) is 6.61 Å². The molecule has 1 saturated heterocycles. The highest BCUT2D eigenvalue weighted by atomic mass is 16.5. The summed E-state index contributed by atoms with van der Waals surface area (Å²) in [5, 5.41) is 3.34. The van der Waals surface area contributed by atoms with Crippen LogP contribution in [-0.2, 0) is 11.3 Å². The zero-order valence-corrected chi connectivity index (χ0v) is 22.8. The van der Waals surface area contributed by atoms with Crippen LogP contribution in [0.25, 0.3) is 0 Å². The van der Waals surface area contributed by atoms with Crippen LogP contribution in [-0.4, -0.2) is 36.5 Å². The number of likely N-dealkylation sites (tertiary alicyclic amines) is 1. The molecule has 2 aromatic carbocycles. The number of ether oxygens (including phenoxy) is 1. The van der Waals surface area contributed by atoms with Gasteiger partial charge in [-0.15, -0.1) is 0 Å². The Morgan fingerprint density at radius 3 is 2.34 bits per heavy atom. The van der Waals surface area contributed by atoms with Gasteiger partial charge in [-0.25, -0.2) is 0 Å². The van der Waals surface area contributed by atoms with Gasteiger partial charge in [0.25, 0.3) is 0 Å². The largest absolute Gasteiger partial charge is 0.493 e. The Labute approximate surface area is 213 Å². The summed E-state index contributed by atoms with van der Waals surface area (Å²) < 4.78 is 6.24. The van der Waals surface area contributed by atoms with Gasteiger partial charge in [-0.2, -0.15) is 0 Å². The lowest BCUT2D eigenvalue weighted by atomic mass is 9.86. The van der Waals surface area contributed by atoms with E-state index in [1.54, 1.807) is 0 Å². The van der Waals surface area contributed by atoms with Crippen LogP contribution >= 0.6 is 0 Å². The molecule has 0 aromatic heterocycles. The van der Waals surface area contributed by atoms with Gasteiger partial charge < -0.3 is 10.1 Å². The summed E-state index contributed by atoms with van der Waals surface area (Å²) in [4.78, 5) is 15.6. The molecule has 1 aliphatic heterocycles. The molecule has 0 unspecified atom stereocenters. The van der Waals surface area contributed by atoms with E-state index >= 15 is 0 Å². The fraction of sp³-hybridized carbons (Fsp3) is 0.581. The van der Waals surface area contributed by atoms with Gasteiger partial charge in [0.2, 0.25) is 5.91 Å². The van der Waals surface area contributed by atoms with E-state index in [0.717, 1.165) is 51.1 Å². The zero-order chi connectivity index (χ0) is 25.4. The van der Waals surface area contributed by atoms with Crippen LogP contribution < -0.4 is 10.1 Å². The van der Waals surface area contributed by atoms with Crippen molar-refractivity contribution in [1.29, 1.82) is 0 Å². The molecule has 0 radical (unpaired) electrons. The first-order valence-corrected chi connectivity index (χ1v) is 13.5. The first-order chi connectivity index (χ1) is 16.7. The molecule has 1 heterocycles. The van der Waals surface area contributed by atoms with E-state index in [1.165, 1.54) is 16.7 Å². The third-order valence-electron chi connectivity index (χ3n) is 7.32. The summed E-state index contributed by atoms with van der Waals surface area (Å²) in [6.45, 7) is 16.6. The van der Waals surface area contributed by atoms with E-state index in [2.05, 4.69) is 100 Å². The molecule has 192 valence electrons. The molecule has 1 N–H and O–H groups in total. The van der Waals surface area contributed by atoms with Crippen LogP contribution in [0.1, 0.15) is 95.8 Å². The quantitative estimate of drug-likeness (QED) is 0.357. The number of carbonyl (C=O) groups excluding carboxylic acids is 1. The summed E-state index contributed by atoms with van der Waals surface area (Å²) in [5.74, 6) is 2.07. The highest BCUT2D eigenvalue weighted by Crippen LogP contribution is 2.31. The number of rotatable bonds is 11. The number of benzene rings is 2. The first-order valence-electron chi connectivity index (χ1n) is 13.5. The van der Waals surface area contributed by atoms with Crippen LogP contribution in [0.3, 0.4) is 0 Å². The zero-order valence-electron chi connectivity index (χ0n) is 22.8. The molecular weight excluding hydrogens is 432 g/mol. The minimum absolute atomic E-state index is 0.170. The van der Waals surface area contributed by atoms with Crippen LogP contribution in [0.2, 0.25) is 0 Å². The van der Waals surface area contributed by atoms with E-state index < -0.39 is 5.41 Å². The van der Waals surface area contributed by atoms with Crippen molar-refractivity contribution in [2.45, 2.75) is 91.6 Å². The summed E-state index contributed by atoms with van der Waals surface area (Å²) >= 11 is 0. The monoisotopic (exact) mass is 478 g/mol. The molecule has 1 amide bonds.